The quantitative estimate of drug-likeness (QED) is 0.664. The van der Waals surface area contributed by atoms with Gasteiger partial charge in [0.05, 0.1) is 7.11 Å². The summed E-state index contributed by atoms with van der Waals surface area (Å²) >= 11 is 0. The zero-order valence-electron chi connectivity index (χ0n) is 7.30. The summed E-state index contributed by atoms with van der Waals surface area (Å²) in [6.45, 7) is -0.425. The van der Waals surface area contributed by atoms with Crippen LogP contribution in [0.3, 0.4) is 0 Å². The van der Waals surface area contributed by atoms with Crippen LogP contribution in [0.5, 0.6) is 11.5 Å². The SMILES string of the molecule is COc1ccc(O[C@H](O)CO)cc1. The Balaban J connectivity index is 2.58. The van der Waals surface area contributed by atoms with Crippen molar-refractivity contribution in [2.24, 2.45) is 0 Å². The summed E-state index contributed by atoms with van der Waals surface area (Å²) in [7, 11) is 1.57. The number of methoxy groups -OCH3 is 1. The van der Waals surface area contributed by atoms with E-state index in [1.807, 2.05) is 0 Å². The Morgan fingerprint density at radius 2 is 1.77 bits per heavy atom. The number of rotatable bonds is 4. The highest BCUT2D eigenvalue weighted by Crippen LogP contribution is 2.17. The topological polar surface area (TPSA) is 58.9 Å². The van der Waals surface area contributed by atoms with Crippen LogP contribution in [0.2, 0.25) is 0 Å². The first kappa shape index (κ1) is 9.83. The van der Waals surface area contributed by atoms with Gasteiger partial charge in [0.1, 0.15) is 18.1 Å². The lowest BCUT2D eigenvalue weighted by molar-refractivity contribution is -0.0548. The number of benzene rings is 1. The second-order valence-electron chi connectivity index (χ2n) is 2.43. The molecule has 4 heteroatoms. The summed E-state index contributed by atoms with van der Waals surface area (Å²) in [5, 5.41) is 17.4. The molecule has 2 N–H and O–H groups in total. The van der Waals surface area contributed by atoms with E-state index in [0.29, 0.717) is 11.5 Å². The number of hydrogen-bond donors (Lipinski definition) is 2. The smallest absolute Gasteiger partial charge is 0.220 e. The Labute approximate surface area is 76.3 Å². The van der Waals surface area contributed by atoms with Crippen LogP contribution in [0.4, 0.5) is 0 Å². The van der Waals surface area contributed by atoms with E-state index >= 15 is 0 Å². The van der Waals surface area contributed by atoms with E-state index in [9.17, 15) is 0 Å². The lowest BCUT2D eigenvalue weighted by Crippen LogP contribution is -2.19. The van der Waals surface area contributed by atoms with Gasteiger partial charge in [-0.15, -0.1) is 0 Å². The van der Waals surface area contributed by atoms with Crippen LogP contribution in [-0.4, -0.2) is 30.2 Å². The van der Waals surface area contributed by atoms with Gasteiger partial charge < -0.3 is 19.7 Å². The predicted molar refractivity (Wildman–Crippen MR) is 46.7 cm³/mol. The van der Waals surface area contributed by atoms with Gasteiger partial charge in [-0.3, -0.25) is 0 Å². The highest BCUT2D eigenvalue weighted by molar-refractivity contribution is 5.31. The van der Waals surface area contributed by atoms with Gasteiger partial charge in [0.25, 0.3) is 0 Å². The van der Waals surface area contributed by atoms with Gasteiger partial charge in [0, 0.05) is 0 Å². The highest BCUT2D eigenvalue weighted by Gasteiger charge is 2.02. The number of aliphatic hydroxyl groups excluding tert-OH is 2. The minimum absolute atomic E-state index is 0.425. The molecule has 1 aromatic rings. The first-order valence-electron chi connectivity index (χ1n) is 3.86. The van der Waals surface area contributed by atoms with E-state index in [4.69, 9.17) is 19.7 Å². The van der Waals surface area contributed by atoms with Crippen molar-refractivity contribution in [1.29, 1.82) is 0 Å². The number of aliphatic hydroxyl groups is 2. The zero-order chi connectivity index (χ0) is 9.68. The van der Waals surface area contributed by atoms with E-state index < -0.39 is 12.9 Å². The molecule has 13 heavy (non-hydrogen) atoms. The van der Waals surface area contributed by atoms with E-state index in [1.165, 1.54) is 0 Å². The first-order chi connectivity index (χ1) is 6.26. The maximum Gasteiger partial charge on any atom is 0.220 e. The van der Waals surface area contributed by atoms with Gasteiger partial charge in [-0.05, 0) is 24.3 Å². The lowest BCUT2D eigenvalue weighted by atomic mass is 10.3. The molecule has 0 bridgehead atoms. The van der Waals surface area contributed by atoms with Crippen molar-refractivity contribution in [2.75, 3.05) is 13.7 Å². The summed E-state index contributed by atoms with van der Waals surface area (Å²) in [5.41, 5.74) is 0. The minimum Gasteiger partial charge on any atom is -0.497 e. The van der Waals surface area contributed by atoms with E-state index in [-0.39, 0.29) is 0 Å². The number of ether oxygens (including phenoxy) is 2. The summed E-state index contributed by atoms with van der Waals surface area (Å²) in [5.74, 6) is 1.20. The van der Waals surface area contributed by atoms with E-state index in [1.54, 1.807) is 31.4 Å². The molecular weight excluding hydrogens is 172 g/mol. The maximum absolute atomic E-state index is 8.93. The highest BCUT2D eigenvalue weighted by atomic mass is 16.6. The van der Waals surface area contributed by atoms with Gasteiger partial charge in [0.15, 0.2) is 0 Å². The molecule has 0 fully saturated rings. The molecule has 0 heterocycles. The molecule has 0 saturated carbocycles. The number of hydrogen-bond acceptors (Lipinski definition) is 4. The Kier molecular flexibility index (Phi) is 3.54. The van der Waals surface area contributed by atoms with Crippen LogP contribution >= 0.6 is 0 Å². The Morgan fingerprint density at radius 1 is 1.23 bits per heavy atom. The van der Waals surface area contributed by atoms with Crippen LogP contribution in [0, 0.1) is 0 Å². The molecule has 0 unspecified atom stereocenters. The molecule has 1 rings (SSSR count). The largest absolute Gasteiger partial charge is 0.497 e. The fourth-order valence-corrected chi connectivity index (χ4v) is 0.849. The fourth-order valence-electron chi connectivity index (χ4n) is 0.849. The second kappa shape index (κ2) is 4.69. The van der Waals surface area contributed by atoms with Crippen LogP contribution in [0.25, 0.3) is 0 Å². The Bertz CT molecular complexity index is 244. The summed E-state index contributed by atoms with van der Waals surface area (Å²) in [6.07, 6.45) is -1.17. The molecule has 0 radical (unpaired) electrons. The van der Waals surface area contributed by atoms with Gasteiger partial charge >= 0.3 is 0 Å². The van der Waals surface area contributed by atoms with Gasteiger partial charge in [-0.25, -0.2) is 0 Å². The maximum atomic E-state index is 8.93. The monoisotopic (exact) mass is 184 g/mol. The molecular formula is C9H12O4. The van der Waals surface area contributed by atoms with Gasteiger partial charge in [0.2, 0.25) is 6.29 Å². The standard InChI is InChI=1S/C9H12O4/c1-12-7-2-4-8(5-3-7)13-9(11)6-10/h2-5,9-11H,6H2,1H3/t9-/m0/s1. The first-order valence-corrected chi connectivity index (χ1v) is 3.86. The Morgan fingerprint density at radius 3 is 2.23 bits per heavy atom. The minimum atomic E-state index is -1.17. The molecule has 4 nitrogen and oxygen atoms in total. The molecule has 0 aliphatic carbocycles. The van der Waals surface area contributed by atoms with Crippen molar-refractivity contribution in [1.82, 2.24) is 0 Å². The fraction of sp³-hybridized carbons (Fsp3) is 0.333. The second-order valence-corrected chi connectivity index (χ2v) is 2.43. The predicted octanol–water partition coefficient (Wildman–Crippen LogP) is 0.385. The summed E-state index contributed by atoms with van der Waals surface area (Å²) < 4.78 is 9.85. The van der Waals surface area contributed by atoms with Crippen molar-refractivity contribution in [3.05, 3.63) is 24.3 Å². The van der Waals surface area contributed by atoms with Crippen molar-refractivity contribution in [3.63, 3.8) is 0 Å². The molecule has 0 saturated heterocycles. The molecule has 1 aromatic carbocycles. The summed E-state index contributed by atoms with van der Waals surface area (Å²) in [6, 6.07) is 6.72. The van der Waals surface area contributed by atoms with Crippen LogP contribution in [0.15, 0.2) is 24.3 Å². The lowest BCUT2D eigenvalue weighted by Gasteiger charge is -2.10. The van der Waals surface area contributed by atoms with Gasteiger partial charge in [-0.2, -0.15) is 0 Å². The molecule has 0 amide bonds. The third kappa shape index (κ3) is 2.93. The van der Waals surface area contributed by atoms with Crippen molar-refractivity contribution < 1.29 is 19.7 Å². The third-order valence-electron chi connectivity index (χ3n) is 1.49. The van der Waals surface area contributed by atoms with E-state index in [0.717, 1.165) is 0 Å². The zero-order valence-corrected chi connectivity index (χ0v) is 7.30. The van der Waals surface area contributed by atoms with Crippen molar-refractivity contribution in [3.8, 4) is 11.5 Å². The van der Waals surface area contributed by atoms with Crippen molar-refractivity contribution >= 4 is 0 Å². The molecule has 0 aliphatic rings. The van der Waals surface area contributed by atoms with Crippen molar-refractivity contribution in [2.45, 2.75) is 6.29 Å². The Hall–Kier alpha value is -1.26. The van der Waals surface area contributed by atoms with Crippen LogP contribution in [-0.2, 0) is 0 Å². The third-order valence-corrected chi connectivity index (χ3v) is 1.49. The molecule has 72 valence electrons. The molecule has 1 atom stereocenters. The van der Waals surface area contributed by atoms with Crippen LogP contribution < -0.4 is 9.47 Å². The van der Waals surface area contributed by atoms with Gasteiger partial charge in [-0.1, -0.05) is 0 Å². The van der Waals surface area contributed by atoms with E-state index in [2.05, 4.69) is 0 Å². The molecule has 0 aromatic heterocycles. The molecule has 0 aliphatic heterocycles. The average molecular weight is 184 g/mol. The normalized spacial score (nSPS) is 12.2. The molecule has 0 spiro atoms. The average Bonchev–Trinajstić information content (AvgIpc) is 2.19. The van der Waals surface area contributed by atoms with Crippen LogP contribution in [0.1, 0.15) is 0 Å². The summed E-state index contributed by atoms with van der Waals surface area (Å²) in [4.78, 5) is 0.